The zero-order valence-electron chi connectivity index (χ0n) is 11.0. The number of aromatic carboxylic acids is 1. The van der Waals surface area contributed by atoms with Crippen molar-refractivity contribution < 1.29 is 14.7 Å². The Labute approximate surface area is 110 Å². The largest absolute Gasteiger partial charge is 0.478 e. The van der Waals surface area contributed by atoms with E-state index in [9.17, 15) is 14.7 Å². The van der Waals surface area contributed by atoms with Crippen LogP contribution < -0.4 is 0 Å². The van der Waals surface area contributed by atoms with E-state index in [1.54, 1.807) is 13.0 Å². The fourth-order valence-corrected chi connectivity index (χ4v) is 2.04. The Morgan fingerprint density at radius 1 is 1.47 bits per heavy atom. The number of nitrogens with zero attached hydrogens (tertiary/aromatic N) is 3. The van der Waals surface area contributed by atoms with E-state index in [0.29, 0.717) is 5.84 Å². The number of hydrogen-bond acceptors (Lipinski definition) is 4. The molecule has 0 saturated heterocycles. The second-order valence-electron chi connectivity index (χ2n) is 4.64. The number of amides is 1. The van der Waals surface area contributed by atoms with Gasteiger partial charge in [0, 0.05) is 12.2 Å². The average Bonchev–Trinajstić information content (AvgIpc) is 2.65. The SMILES string of the molecule is CC1N=C(c2ncccc2C(=O)O)N(C(C)C)C1=O. The van der Waals surface area contributed by atoms with Crippen molar-refractivity contribution in [1.29, 1.82) is 0 Å². The first-order valence-corrected chi connectivity index (χ1v) is 6.03. The van der Waals surface area contributed by atoms with E-state index in [1.165, 1.54) is 17.2 Å². The minimum atomic E-state index is -1.08. The molecule has 2 rings (SSSR count). The smallest absolute Gasteiger partial charge is 0.338 e. The molecule has 19 heavy (non-hydrogen) atoms. The van der Waals surface area contributed by atoms with E-state index >= 15 is 0 Å². The molecule has 1 aliphatic heterocycles. The highest BCUT2D eigenvalue weighted by atomic mass is 16.4. The predicted octanol–water partition coefficient (Wildman–Crippen LogP) is 1.17. The molecule has 1 aromatic heterocycles. The van der Waals surface area contributed by atoms with Crippen molar-refractivity contribution in [1.82, 2.24) is 9.88 Å². The van der Waals surface area contributed by atoms with E-state index in [4.69, 9.17) is 0 Å². The van der Waals surface area contributed by atoms with Crippen molar-refractivity contribution >= 4 is 17.7 Å². The van der Waals surface area contributed by atoms with Gasteiger partial charge in [-0.1, -0.05) is 0 Å². The highest BCUT2D eigenvalue weighted by Crippen LogP contribution is 2.20. The second-order valence-corrected chi connectivity index (χ2v) is 4.64. The average molecular weight is 261 g/mol. The fraction of sp³-hybridized carbons (Fsp3) is 0.385. The van der Waals surface area contributed by atoms with Crippen LogP contribution in [0.3, 0.4) is 0 Å². The number of carboxylic acid groups (broad SMARTS) is 1. The Balaban J connectivity index is 2.55. The van der Waals surface area contributed by atoms with Crippen molar-refractivity contribution in [2.75, 3.05) is 0 Å². The highest BCUT2D eigenvalue weighted by molar-refractivity contribution is 6.16. The third kappa shape index (κ3) is 2.21. The van der Waals surface area contributed by atoms with E-state index in [2.05, 4.69) is 9.98 Å². The van der Waals surface area contributed by atoms with Gasteiger partial charge in [0.15, 0.2) is 5.84 Å². The lowest BCUT2D eigenvalue weighted by atomic mass is 10.1. The quantitative estimate of drug-likeness (QED) is 0.885. The van der Waals surface area contributed by atoms with Gasteiger partial charge in [-0.3, -0.25) is 19.7 Å². The number of carbonyl (C=O) groups is 2. The van der Waals surface area contributed by atoms with Gasteiger partial charge >= 0.3 is 5.97 Å². The Hall–Kier alpha value is -2.24. The Bertz CT molecular complexity index is 566. The first-order valence-electron chi connectivity index (χ1n) is 6.03. The van der Waals surface area contributed by atoms with E-state index in [0.717, 1.165) is 0 Å². The molecule has 100 valence electrons. The maximum atomic E-state index is 12.0. The van der Waals surface area contributed by atoms with Crippen molar-refractivity contribution in [3.63, 3.8) is 0 Å². The van der Waals surface area contributed by atoms with Crippen LogP contribution in [-0.2, 0) is 4.79 Å². The maximum absolute atomic E-state index is 12.0. The minimum absolute atomic E-state index is 0.0498. The molecule has 0 radical (unpaired) electrons. The predicted molar refractivity (Wildman–Crippen MR) is 69.2 cm³/mol. The summed E-state index contributed by atoms with van der Waals surface area (Å²) in [6.45, 7) is 5.40. The first kappa shape index (κ1) is 13.2. The lowest BCUT2D eigenvalue weighted by Crippen LogP contribution is -2.41. The third-order valence-electron chi connectivity index (χ3n) is 2.91. The number of rotatable bonds is 3. The van der Waals surface area contributed by atoms with Crippen LogP contribution in [0, 0.1) is 0 Å². The van der Waals surface area contributed by atoms with Crippen molar-refractivity contribution in [2.24, 2.45) is 4.99 Å². The minimum Gasteiger partial charge on any atom is -0.478 e. The van der Waals surface area contributed by atoms with Gasteiger partial charge < -0.3 is 5.11 Å². The van der Waals surface area contributed by atoms with Crippen LogP contribution in [0.5, 0.6) is 0 Å². The monoisotopic (exact) mass is 261 g/mol. The molecule has 0 fully saturated rings. The third-order valence-corrected chi connectivity index (χ3v) is 2.91. The Morgan fingerprint density at radius 2 is 2.16 bits per heavy atom. The molecule has 0 aliphatic carbocycles. The van der Waals surface area contributed by atoms with Gasteiger partial charge in [0.05, 0.1) is 5.56 Å². The highest BCUT2D eigenvalue weighted by Gasteiger charge is 2.36. The molecule has 1 atom stereocenters. The van der Waals surface area contributed by atoms with Crippen molar-refractivity contribution in [3.05, 3.63) is 29.6 Å². The second kappa shape index (κ2) is 4.79. The zero-order chi connectivity index (χ0) is 14.2. The van der Waals surface area contributed by atoms with Gasteiger partial charge in [-0.05, 0) is 32.9 Å². The Morgan fingerprint density at radius 3 is 2.74 bits per heavy atom. The first-order chi connectivity index (χ1) is 8.93. The van der Waals surface area contributed by atoms with Crippen molar-refractivity contribution in [2.45, 2.75) is 32.9 Å². The number of carbonyl (C=O) groups excluding carboxylic acids is 1. The van der Waals surface area contributed by atoms with Gasteiger partial charge in [0.2, 0.25) is 0 Å². The van der Waals surface area contributed by atoms with Gasteiger partial charge in [0.25, 0.3) is 5.91 Å². The summed E-state index contributed by atoms with van der Waals surface area (Å²) in [5.41, 5.74) is 0.287. The van der Waals surface area contributed by atoms with Crippen LogP contribution in [0.15, 0.2) is 23.3 Å². The molecule has 6 heteroatoms. The van der Waals surface area contributed by atoms with Gasteiger partial charge in [-0.2, -0.15) is 0 Å². The molecule has 0 spiro atoms. The van der Waals surface area contributed by atoms with Crippen molar-refractivity contribution in [3.8, 4) is 0 Å². The van der Waals surface area contributed by atoms with E-state index in [1.807, 2.05) is 13.8 Å². The number of hydrogen-bond donors (Lipinski definition) is 1. The summed E-state index contributed by atoms with van der Waals surface area (Å²) in [6, 6.07) is 2.41. The van der Waals surface area contributed by atoms with Crippen LogP contribution in [0.4, 0.5) is 0 Å². The topological polar surface area (TPSA) is 82.9 Å². The maximum Gasteiger partial charge on any atom is 0.338 e. The molecule has 0 bridgehead atoms. The van der Waals surface area contributed by atoms with Crippen LogP contribution in [0.1, 0.15) is 36.8 Å². The zero-order valence-corrected chi connectivity index (χ0v) is 11.0. The molecule has 2 heterocycles. The molecule has 6 nitrogen and oxygen atoms in total. The summed E-state index contributed by atoms with van der Waals surface area (Å²) in [5, 5.41) is 9.18. The number of amidine groups is 1. The van der Waals surface area contributed by atoms with E-state index in [-0.39, 0.29) is 23.2 Å². The molecule has 0 aromatic carbocycles. The summed E-state index contributed by atoms with van der Waals surface area (Å²) >= 11 is 0. The molecular weight excluding hydrogens is 246 g/mol. The van der Waals surface area contributed by atoms with Gasteiger partial charge in [-0.25, -0.2) is 4.79 Å². The summed E-state index contributed by atoms with van der Waals surface area (Å²) in [7, 11) is 0. The van der Waals surface area contributed by atoms with E-state index < -0.39 is 12.0 Å². The lowest BCUT2D eigenvalue weighted by Gasteiger charge is -2.23. The molecule has 1 aliphatic rings. The standard InChI is InChI=1S/C13H15N3O3/c1-7(2)16-11(15-8(3)12(16)17)10-9(13(18)19)5-4-6-14-10/h4-8H,1-3H3,(H,18,19). The number of carboxylic acids is 1. The van der Waals surface area contributed by atoms with Crippen LogP contribution in [0.2, 0.25) is 0 Å². The normalized spacial score (nSPS) is 18.9. The molecule has 1 N–H and O–H groups in total. The summed E-state index contributed by atoms with van der Waals surface area (Å²) in [6.07, 6.45) is 1.50. The number of aliphatic imine (C=N–C) groups is 1. The van der Waals surface area contributed by atoms with Gasteiger partial charge in [-0.15, -0.1) is 0 Å². The van der Waals surface area contributed by atoms with Crippen LogP contribution in [-0.4, -0.2) is 44.8 Å². The molecule has 1 aromatic rings. The number of pyridine rings is 1. The number of aromatic nitrogens is 1. The fourth-order valence-electron chi connectivity index (χ4n) is 2.04. The summed E-state index contributed by atoms with van der Waals surface area (Å²) < 4.78 is 0. The van der Waals surface area contributed by atoms with Gasteiger partial charge in [0.1, 0.15) is 11.7 Å². The molecule has 1 amide bonds. The van der Waals surface area contributed by atoms with Crippen LogP contribution >= 0.6 is 0 Å². The lowest BCUT2D eigenvalue weighted by molar-refractivity contribution is -0.128. The molecule has 1 unspecified atom stereocenters. The summed E-state index contributed by atoms with van der Waals surface area (Å²) in [5.74, 6) is -0.876. The Kier molecular flexibility index (Phi) is 3.33. The molecule has 0 saturated carbocycles. The molecular formula is C13H15N3O3. The summed E-state index contributed by atoms with van der Waals surface area (Å²) in [4.78, 5) is 33.1. The van der Waals surface area contributed by atoms with Crippen LogP contribution in [0.25, 0.3) is 0 Å².